The first-order valence-corrected chi connectivity index (χ1v) is 15.0. The van der Waals surface area contributed by atoms with Crippen LogP contribution in [-0.2, 0) is 14.3 Å². The van der Waals surface area contributed by atoms with Crippen LogP contribution in [0.15, 0.2) is 42.3 Å². The molecule has 0 unspecified atom stereocenters. The molecule has 0 spiro atoms. The van der Waals surface area contributed by atoms with Gasteiger partial charge in [0, 0.05) is 49.8 Å². The van der Waals surface area contributed by atoms with Gasteiger partial charge in [0.1, 0.15) is 24.0 Å². The van der Waals surface area contributed by atoms with Crippen molar-refractivity contribution in [1.82, 2.24) is 20.2 Å². The van der Waals surface area contributed by atoms with E-state index in [4.69, 9.17) is 15.2 Å². The molecule has 10 nitrogen and oxygen atoms in total. The van der Waals surface area contributed by atoms with Crippen molar-refractivity contribution in [1.29, 1.82) is 0 Å². The molecular weight excluding hydrogens is 540 g/mol. The van der Waals surface area contributed by atoms with Crippen molar-refractivity contribution in [3.63, 3.8) is 0 Å². The number of piperidine rings is 2. The Bertz CT molecular complexity index is 1390. The first-order valence-electron chi connectivity index (χ1n) is 14.2. The Morgan fingerprint density at radius 1 is 1.15 bits per heavy atom. The fraction of sp³-hybridized carbons (Fsp3) is 0.467. The van der Waals surface area contributed by atoms with E-state index in [1.165, 1.54) is 49.4 Å². The molecule has 218 valence electrons. The smallest absolute Gasteiger partial charge is 0.260 e. The zero-order valence-corrected chi connectivity index (χ0v) is 24.7. The van der Waals surface area contributed by atoms with Gasteiger partial charge in [-0.1, -0.05) is 6.08 Å². The normalized spacial score (nSPS) is 21.3. The van der Waals surface area contributed by atoms with Gasteiger partial charge in [-0.2, -0.15) is 0 Å². The first-order chi connectivity index (χ1) is 19.9. The van der Waals surface area contributed by atoms with Crippen LogP contribution in [0.2, 0.25) is 0 Å². The molecule has 3 fully saturated rings. The van der Waals surface area contributed by atoms with Crippen molar-refractivity contribution in [2.45, 2.75) is 52.5 Å². The molecule has 41 heavy (non-hydrogen) atoms. The zero-order chi connectivity index (χ0) is 28.9. The average molecular weight is 579 g/mol. The van der Waals surface area contributed by atoms with Crippen molar-refractivity contribution >= 4 is 40.0 Å². The summed E-state index contributed by atoms with van der Waals surface area (Å²) in [5, 5.41) is 6.34. The number of nitrogens with one attached hydrogen (secondary N) is 2. The molecule has 5 heterocycles. The summed E-state index contributed by atoms with van der Waals surface area (Å²) in [5.41, 5.74) is 8.36. The third kappa shape index (κ3) is 6.46. The molecule has 4 N–H and O–H groups in total. The van der Waals surface area contributed by atoms with E-state index >= 15 is 0 Å². The lowest BCUT2D eigenvalue weighted by atomic mass is 9.80. The number of aryl methyl sites for hydroxylation is 1. The number of anilines is 1. The Balaban J connectivity index is 1.23. The van der Waals surface area contributed by atoms with Crippen LogP contribution < -0.4 is 16.4 Å². The number of ether oxygens (including phenoxy) is 2. The molecular formula is C30H38N6O4S. The Morgan fingerprint density at radius 3 is 2.61 bits per heavy atom. The SMILES string of the molecule is C/C=C(\C1=C(C)OCCO1)c1cnc(/C(=C\N)C(=O)Nc2cc(C(=O)NCCN3CC4CCC3CC4)cnc2C)s1. The predicted molar refractivity (Wildman–Crippen MR) is 160 cm³/mol. The maximum Gasteiger partial charge on any atom is 0.260 e. The largest absolute Gasteiger partial charge is 0.491 e. The first kappa shape index (κ1) is 28.8. The molecule has 2 amide bonds. The minimum atomic E-state index is -0.439. The van der Waals surface area contributed by atoms with Crippen LogP contribution in [-0.4, -0.2) is 65.6 Å². The van der Waals surface area contributed by atoms with Crippen molar-refractivity contribution in [3.05, 3.63) is 63.4 Å². The second-order valence-corrected chi connectivity index (χ2v) is 11.7. The highest BCUT2D eigenvalue weighted by atomic mass is 32.1. The van der Waals surface area contributed by atoms with Crippen LogP contribution >= 0.6 is 11.3 Å². The molecule has 2 bridgehead atoms. The van der Waals surface area contributed by atoms with Crippen LogP contribution in [0.25, 0.3) is 11.1 Å². The lowest BCUT2D eigenvalue weighted by Gasteiger charge is -2.45. The third-order valence-electron chi connectivity index (χ3n) is 8.02. The molecule has 1 aliphatic carbocycles. The maximum atomic E-state index is 13.3. The van der Waals surface area contributed by atoms with Gasteiger partial charge in [0.25, 0.3) is 11.8 Å². The summed E-state index contributed by atoms with van der Waals surface area (Å²) in [5.74, 6) is 1.52. The number of hydrogen-bond acceptors (Lipinski definition) is 9. The molecule has 2 aromatic heterocycles. The maximum absolute atomic E-state index is 13.3. The number of pyridine rings is 1. The van der Waals surface area contributed by atoms with Crippen LogP contribution in [0.1, 0.15) is 65.5 Å². The van der Waals surface area contributed by atoms with E-state index in [1.807, 2.05) is 19.9 Å². The van der Waals surface area contributed by atoms with Crippen molar-refractivity contribution < 1.29 is 19.1 Å². The molecule has 11 heteroatoms. The van der Waals surface area contributed by atoms with E-state index in [1.54, 1.807) is 19.2 Å². The molecule has 4 aliphatic rings. The summed E-state index contributed by atoms with van der Waals surface area (Å²) in [6.45, 7) is 9.09. The van der Waals surface area contributed by atoms with Gasteiger partial charge in [-0.25, -0.2) is 4.98 Å². The number of carbonyl (C=O) groups is 2. The van der Waals surface area contributed by atoms with Gasteiger partial charge in [0.05, 0.1) is 27.4 Å². The average Bonchev–Trinajstić information content (AvgIpc) is 3.46. The molecule has 1 saturated carbocycles. The molecule has 2 saturated heterocycles. The number of amides is 2. The quantitative estimate of drug-likeness (QED) is 0.380. The van der Waals surface area contributed by atoms with Crippen LogP contribution in [0.5, 0.6) is 0 Å². The number of nitrogens with two attached hydrogens (primary N) is 1. The number of thiazole rings is 1. The molecule has 2 aromatic rings. The second kappa shape index (κ2) is 12.9. The number of rotatable bonds is 9. The number of fused-ring (bicyclic) bond motifs is 3. The fourth-order valence-electron chi connectivity index (χ4n) is 5.76. The van der Waals surface area contributed by atoms with Gasteiger partial charge in [-0.05, 0) is 58.4 Å². The molecule has 3 aliphatic heterocycles. The highest BCUT2D eigenvalue weighted by Gasteiger charge is 2.33. The van der Waals surface area contributed by atoms with Crippen molar-refractivity contribution in [2.75, 3.05) is 38.2 Å². The van der Waals surface area contributed by atoms with E-state index in [0.717, 1.165) is 29.5 Å². The van der Waals surface area contributed by atoms with Crippen molar-refractivity contribution in [3.8, 4) is 0 Å². The fourth-order valence-corrected chi connectivity index (χ4v) is 6.77. The standard InChI is InChI=1S/C30H38N6O4S/c1-4-23(27-19(3)39-11-12-40-27)26-16-34-30(41-26)24(14-31)29(38)35-25-13-21(15-33-18(25)2)28(37)32-9-10-36-17-20-5-7-22(36)8-6-20/h4,13-16,20,22H,5-12,17,31H2,1-3H3,(H,32,37)(H,35,38)/b23-4-,24-14-. The summed E-state index contributed by atoms with van der Waals surface area (Å²) >= 11 is 1.33. The van der Waals surface area contributed by atoms with Gasteiger partial charge in [-0.3, -0.25) is 19.5 Å². The second-order valence-electron chi connectivity index (χ2n) is 10.6. The van der Waals surface area contributed by atoms with Crippen LogP contribution in [0, 0.1) is 12.8 Å². The van der Waals surface area contributed by atoms with Gasteiger partial charge < -0.3 is 25.8 Å². The lowest BCUT2D eigenvalue weighted by Crippen LogP contribution is -2.50. The zero-order valence-electron chi connectivity index (χ0n) is 23.9. The van der Waals surface area contributed by atoms with Gasteiger partial charge in [0.2, 0.25) is 0 Å². The van der Waals surface area contributed by atoms with E-state index in [9.17, 15) is 9.59 Å². The Kier molecular flexibility index (Phi) is 9.04. The highest BCUT2D eigenvalue weighted by molar-refractivity contribution is 7.14. The molecule has 0 aromatic carbocycles. The number of nitrogens with zero attached hydrogens (tertiary/aromatic N) is 3. The summed E-state index contributed by atoms with van der Waals surface area (Å²) in [7, 11) is 0. The lowest BCUT2D eigenvalue weighted by molar-refractivity contribution is -0.111. The van der Waals surface area contributed by atoms with E-state index in [2.05, 4.69) is 25.5 Å². The predicted octanol–water partition coefficient (Wildman–Crippen LogP) is 4.07. The monoisotopic (exact) mass is 578 g/mol. The molecule has 6 rings (SSSR count). The Labute approximate surface area is 244 Å². The van der Waals surface area contributed by atoms with Crippen LogP contribution in [0.3, 0.4) is 0 Å². The summed E-state index contributed by atoms with van der Waals surface area (Å²) in [6, 6.07) is 2.30. The molecule has 0 radical (unpaired) electrons. The summed E-state index contributed by atoms with van der Waals surface area (Å²) in [4.78, 5) is 38.3. The summed E-state index contributed by atoms with van der Waals surface area (Å²) in [6.07, 6.45) is 11.6. The highest BCUT2D eigenvalue weighted by Crippen LogP contribution is 2.35. The van der Waals surface area contributed by atoms with E-state index in [0.29, 0.717) is 59.3 Å². The Hall–Kier alpha value is -3.70. The van der Waals surface area contributed by atoms with Gasteiger partial charge in [-0.15, -0.1) is 11.3 Å². The summed E-state index contributed by atoms with van der Waals surface area (Å²) < 4.78 is 11.5. The topological polar surface area (TPSA) is 132 Å². The van der Waals surface area contributed by atoms with Crippen LogP contribution in [0.4, 0.5) is 5.69 Å². The van der Waals surface area contributed by atoms with E-state index < -0.39 is 5.91 Å². The minimum absolute atomic E-state index is 0.216. The number of carbonyl (C=O) groups excluding carboxylic acids is 2. The number of allylic oxidation sites excluding steroid dienone is 3. The minimum Gasteiger partial charge on any atom is -0.491 e. The number of aromatic nitrogens is 2. The van der Waals surface area contributed by atoms with E-state index in [-0.39, 0.29) is 11.5 Å². The Morgan fingerprint density at radius 2 is 1.93 bits per heavy atom. The van der Waals surface area contributed by atoms with Gasteiger partial charge >= 0.3 is 0 Å². The third-order valence-corrected chi connectivity index (χ3v) is 9.09. The molecule has 0 atom stereocenters. The number of hydrogen-bond donors (Lipinski definition) is 3. The van der Waals surface area contributed by atoms with Gasteiger partial charge in [0.15, 0.2) is 5.76 Å². The van der Waals surface area contributed by atoms with Crippen molar-refractivity contribution in [2.24, 2.45) is 11.7 Å².